The molecule has 1 aromatic carbocycles. The van der Waals surface area contributed by atoms with Crippen LogP contribution in [0, 0.1) is 11.3 Å². The van der Waals surface area contributed by atoms with Crippen LogP contribution in [0.3, 0.4) is 0 Å². The van der Waals surface area contributed by atoms with E-state index >= 15 is 0 Å². The van der Waals surface area contributed by atoms with Gasteiger partial charge >= 0.3 is 0 Å². The highest BCUT2D eigenvalue weighted by atomic mass is 16.5. The van der Waals surface area contributed by atoms with Crippen LogP contribution in [-0.2, 0) is 9.59 Å². The maximum Gasteiger partial charge on any atom is 0.262 e. The summed E-state index contributed by atoms with van der Waals surface area (Å²) in [6.07, 6.45) is 3.38. The largest absolute Gasteiger partial charge is 0.490 e. The van der Waals surface area contributed by atoms with Gasteiger partial charge in [-0.2, -0.15) is 5.26 Å². The molecule has 2 amide bonds. The molecule has 0 spiro atoms. The Labute approximate surface area is 140 Å². The van der Waals surface area contributed by atoms with E-state index in [1.165, 1.54) is 6.08 Å². The van der Waals surface area contributed by atoms with Crippen LogP contribution in [0.5, 0.6) is 11.5 Å². The Morgan fingerprint density at radius 3 is 2.71 bits per heavy atom. The van der Waals surface area contributed by atoms with Crippen LogP contribution >= 0.6 is 0 Å². The van der Waals surface area contributed by atoms with Gasteiger partial charge in [0.25, 0.3) is 11.8 Å². The Morgan fingerprint density at radius 2 is 2.12 bits per heavy atom. The number of nitriles is 1. The number of carbonyl (C=O) groups excluding carboxylic acids is 2. The van der Waals surface area contributed by atoms with Gasteiger partial charge in [0, 0.05) is 6.04 Å². The topological polar surface area (TPSA) is 114 Å². The van der Waals surface area contributed by atoms with Crippen molar-refractivity contribution in [2.75, 3.05) is 13.2 Å². The predicted molar refractivity (Wildman–Crippen MR) is 87.1 cm³/mol. The number of rotatable bonds is 8. The van der Waals surface area contributed by atoms with Crippen LogP contribution in [0.4, 0.5) is 0 Å². The second-order valence-electron chi connectivity index (χ2n) is 5.31. The first-order valence-corrected chi connectivity index (χ1v) is 7.64. The van der Waals surface area contributed by atoms with Crippen molar-refractivity contribution in [1.29, 1.82) is 5.26 Å². The molecule has 1 aliphatic carbocycles. The first-order chi connectivity index (χ1) is 11.5. The van der Waals surface area contributed by atoms with Crippen molar-refractivity contribution in [3.8, 4) is 17.6 Å². The van der Waals surface area contributed by atoms with Crippen molar-refractivity contribution in [2.45, 2.75) is 25.8 Å². The Morgan fingerprint density at radius 1 is 1.38 bits per heavy atom. The zero-order valence-electron chi connectivity index (χ0n) is 13.4. The maximum absolute atomic E-state index is 12.0. The summed E-state index contributed by atoms with van der Waals surface area (Å²) in [5.41, 5.74) is 5.70. The van der Waals surface area contributed by atoms with Crippen molar-refractivity contribution in [2.24, 2.45) is 5.73 Å². The van der Waals surface area contributed by atoms with Crippen molar-refractivity contribution < 1.29 is 19.1 Å². The molecule has 0 saturated heterocycles. The van der Waals surface area contributed by atoms with Crippen LogP contribution in [0.15, 0.2) is 23.8 Å². The number of hydrogen-bond acceptors (Lipinski definition) is 5. The van der Waals surface area contributed by atoms with Crippen LogP contribution in [0.25, 0.3) is 6.08 Å². The van der Waals surface area contributed by atoms with E-state index in [4.69, 9.17) is 15.2 Å². The molecule has 2 rings (SSSR count). The first-order valence-electron chi connectivity index (χ1n) is 7.64. The van der Waals surface area contributed by atoms with Crippen molar-refractivity contribution in [3.63, 3.8) is 0 Å². The summed E-state index contributed by atoms with van der Waals surface area (Å²) in [5.74, 6) is -0.196. The third kappa shape index (κ3) is 5.02. The minimum Gasteiger partial charge on any atom is -0.490 e. The lowest BCUT2D eigenvalue weighted by atomic mass is 10.1. The van der Waals surface area contributed by atoms with E-state index in [2.05, 4.69) is 5.32 Å². The van der Waals surface area contributed by atoms with Gasteiger partial charge < -0.3 is 20.5 Å². The Bertz CT molecular complexity index is 702. The van der Waals surface area contributed by atoms with Gasteiger partial charge in [-0.15, -0.1) is 0 Å². The predicted octanol–water partition coefficient (Wildman–Crippen LogP) is 1.13. The van der Waals surface area contributed by atoms with E-state index in [0.29, 0.717) is 23.7 Å². The number of carbonyl (C=O) groups is 2. The van der Waals surface area contributed by atoms with Crippen molar-refractivity contribution in [1.82, 2.24) is 5.32 Å². The zero-order chi connectivity index (χ0) is 17.5. The molecule has 7 nitrogen and oxygen atoms in total. The monoisotopic (exact) mass is 329 g/mol. The summed E-state index contributed by atoms with van der Waals surface area (Å²) >= 11 is 0. The molecule has 1 aromatic rings. The normalized spacial score (nSPS) is 13.8. The molecular weight excluding hydrogens is 310 g/mol. The number of nitrogens with two attached hydrogens (primary N) is 1. The van der Waals surface area contributed by atoms with E-state index in [9.17, 15) is 14.9 Å². The van der Waals surface area contributed by atoms with E-state index in [1.807, 2.05) is 13.0 Å². The molecule has 0 unspecified atom stereocenters. The summed E-state index contributed by atoms with van der Waals surface area (Å²) in [5, 5.41) is 11.9. The fourth-order valence-corrected chi connectivity index (χ4v) is 1.96. The summed E-state index contributed by atoms with van der Waals surface area (Å²) in [6.45, 7) is 1.94. The molecule has 126 valence electrons. The SMILES string of the molecule is CCOc1cc(C=C(C#N)C(=O)NC2CC2)ccc1OCC(N)=O. The van der Waals surface area contributed by atoms with Gasteiger partial charge in [-0.25, -0.2) is 0 Å². The molecule has 7 heteroatoms. The van der Waals surface area contributed by atoms with Crippen LogP contribution in [0.1, 0.15) is 25.3 Å². The highest BCUT2D eigenvalue weighted by Crippen LogP contribution is 2.29. The lowest BCUT2D eigenvalue weighted by molar-refractivity contribution is -0.120. The highest BCUT2D eigenvalue weighted by molar-refractivity contribution is 6.02. The molecule has 0 atom stereocenters. The van der Waals surface area contributed by atoms with Gasteiger partial charge in [-0.1, -0.05) is 6.07 Å². The van der Waals surface area contributed by atoms with Gasteiger partial charge in [0.2, 0.25) is 0 Å². The summed E-state index contributed by atoms with van der Waals surface area (Å²) in [4.78, 5) is 22.8. The number of benzene rings is 1. The molecule has 24 heavy (non-hydrogen) atoms. The number of ether oxygens (including phenoxy) is 2. The van der Waals surface area contributed by atoms with E-state index < -0.39 is 5.91 Å². The Balaban J connectivity index is 2.20. The lowest BCUT2D eigenvalue weighted by Crippen LogP contribution is -2.26. The number of primary amides is 1. The standard InChI is InChI=1S/C17H19N3O4/c1-2-23-15-8-11(3-6-14(15)24-10-16(19)21)7-12(9-18)17(22)20-13-4-5-13/h3,6-8,13H,2,4-5,10H2,1H3,(H2,19,21)(H,20,22). The van der Waals surface area contributed by atoms with Crippen molar-refractivity contribution in [3.05, 3.63) is 29.3 Å². The van der Waals surface area contributed by atoms with E-state index in [0.717, 1.165) is 12.8 Å². The lowest BCUT2D eigenvalue weighted by Gasteiger charge is -2.11. The molecule has 1 saturated carbocycles. The number of amides is 2. The van der Waals surface area contributed by atoms with Gasteiger partial charge in [0.1, 0.15) is 11.6 Å². The summed E-state index contributed by atoms with van der Waals surface area (Å²) in [6, 6.07) is 7.00. The molecule has 1 aliphatic rings. The molecule has 0 aromatic heterocycles. The van der Waals surface area contributed by atoms with Crippen molar-refractivity contribution >= 4 is 17.9 Å². The fourth-order valence-electron chi connectivity index (χ4n) is 1.96. The number of hydrogen-bond donors (Lipinski definition) is 2. The molecule has 0 aliphatic heterocycles. The van der Waals surface area contributed by atoms with Crippen LogP contribution in [-0.4, -0.2) is 31.1 Å². The third-order valence-corrected chi connectivity index (χ3v) is 3.23. The second-order valence-corrected chi connectivity index (χ2v) is 5.31. The van der Waals surface area contributed by atoms with E-state index in [-0.39, 0.29) is 24.1 Å². The minimum atomic E-state index is -0.593. The average molecular weight is 329 g/mol. The molecule has 3 N–H and O–H groups in total. The van der Waals surface area contributed by atoms with Gasteiger partial charge in [0.15, 0.2) is 18.1 Å². The van der Waals surface area contributed by atoms with Crippen LogP contribution in [0.2, 0.25) is 0 Å². The molecule has 0 bridgehead atoms. The quantitative estimate of drug-likeness (QED) is 0.548. The van der Waals surface area contributed by atoms with Gasteiger partial charge in [-0.3, -0.25) is 9.59 Å². The number of nitrogens with zero attached hydrogens (tertiary/aromatic N) is 1. The highest BCUT2D eigenvalue weighted by Gasteiger charge is 2.24. The molecule has 0 radical (unpaired) electrons. The van der Waals surface area contributed by atoms with E-state index in [1.54, 1.807) is 18.2 Å². The fraction of sp³-hybridized carbons (Fsp3) is 0.353. The Hall–Kier alpha value is -3.01. The van der Waals surface area contributed by atoms with Gasteiger partial charge in [0.05, 0.1) is 6.61 Å². The smallest absolute Gasteiger partial charge is 0.262 e. The number of nitrogens with one attached hydrogen (secondary N) is 1. The van der Waals surface area contributed by atoms with Gasteiger partial charge in [-0.05, 0) is 43.5 Å². The Kier molecular flexibility index (Phi) is 5.79. The first kappa shape index (κ1) is 17.3. The molecule has 1 fully saturated rings. The zero-order valence-corrected chi connectivity index (χ0v) is 13.4. The molecule has 0 heterocycles. The third-order valence-electron chi connectivity index (χ3n) is 3.23. The molecular formula is C17H19N3O4. The minimum absolute atomic E-state index is 0.0233. The maximum atomic E-state index is 12.0. The van der Waals surface area contributed by atoms with Crippen LogP contribution < -0.4 is 20.5 Å². The summed E-state index contributed by atoms with van der Waals surface area (Å²) in [7, 11) is 0. The second kappa shape index (κ2) is 8.02. The average Bonchev–Trinajstić information content (AvgIpc) is 3.35. The summed E-state index contributed by atoms with van der Waals surface area (Å²) < 4.78 is 10.8.